The lowest BCUT2D eigenvalue weighted by Crippen LogP contribution is -2.44. The molecule has 0 bridgehead atoms. The number of hydrogen-bond acceptors (Lipinski definition) is 2. The number of benzene rings is 1. The van der Waals surface area contributed by atoms with E-state index in [-0.39, 0.29) is 5.91 Å². The summed E-state index contributed by atoms with van der Waals surface area (Å²) < 4.78 is 0. The van der Waals surface area contributed by atoms with Crippen molar-refractivity contribution in [2.75, 3.05) is 11.9 Å². The number of likely N-dealkylation sites (tertiary alicyclic amines) is 1. The number of carbonyl (C=O) groups is 1. The number of amides is 1. The molecule has 3 nitrogen and oxygen atoms in total. The van der Waals surface area contributed by atoms with Gasteiger partial charge in [0.2, 0.25) is 0 Å². The fourth-order valence-corrected chi connectivity index (χ4v) is 3.67. The number of pyridine rings is 1. The Kier molecular flexibility index (Phi) is 4.54. The van der Waals surface area contributed by atoms with Crippen molar-refractivity contribution >= 4 is 32.7 Å². The second kappa shape index (κ2) is 6.56. The minimum atomic E-state index is 0.152. The average Bonchev–Trinajstić information content (AvgIpc) is 2.54. The molecule has 1 aliphatic heterocycles. The van der Waals surface area contributed by atoms with Gasteiger partial charge in [-0.2, -0.15) is 0 Å². The Bertz CT molecular complexity index is 636. The zero-order valence-corrected chi connectivity index (χ0v) is 13.6. The molecule has 1 aromatic heterocycles. The Labute approximate surface area is 133 Å². The minimum absolute atomic E-state index is 0.152. The molecular weight excluding hydrogens is 328 g/mol. The molecule has 3 rings (SSSR count). The third kappa shape index (κ3) is 2.95. The Hall–Kier alpha value is -1.42. The molecule has 21 heavy (non-hydrogen) atoms. The van der Waals surface area contributed by atoms with Gasteiger partial charge >= 0.3 is 0 Å². The Morgan fingerprint density at radius 2 is 2.19 bits per heavy atom. The van der Waals surface area contributed by atoms with Crippen LogP contribution in [0.1, 0.15) is 36.0 Å². The number of alkyl halides is 1. The highest BCUT2D eigenvalue weighted by Gasteiger charge is 2.27. The predicted octanol–water partition coefficient (Wildman–Crippen LogP) is 4.01. The summed E-state index contributed by atoms with van der Waals surface area (Å²) in [5, 5.41) is 1.90. The first kappa shape index (κ1) is 14.5. The number of carbonyl (C=O) groups excluding carboxylic acids is 1. The van der Waals surface area contributed by atoms with Gasteiger partial charge in [-0.1, -0.05) is 28.1 Å². The zero-order valence-electron chi connectivity index (χ0n) is 12.0. The van der Waals surface area contributed by atoms with Gasteiger partial charge in [0.1, 0.15) is 0 Å². The molecule has 2 heterocycles. The average molecular weight is 347 g/mol. The van der Waals surface area contributed by atoms with Crippen molar-refractivity contribution in [1.29, 1.82) is 0 Å². The molecule has 1 aliphatic rings. The summed E-state index contributed by atoms with van der Waals surface area (Å²) in [4.78, 5) is 19.4. The monoisotopic (exact) mass is 346 g/mol. The van der Waals surface area contributed by atoms with Crippen molar-refractivity contribution in [1.82, 2.24) is 9.88 Å². The predicted molar refractivity (Wildman–Crippen MR) is 88.8 cm³/mol. The van der Waals surface area contributed by atoms with E-state index in [2.05, 4.69) is 25.8 Å². The number of hydrogen-bond donors (Lipinski definition) is 0. The molecule has 110 valence electrons. The molecule has 0 saturated carbocycles. The van der Waals surface area contributed by atoms with E-state index in [4.69, 9.17) is 0 Å². The van der Waals surface area contributed by atoms with Crippen molar-refractivity contribution in [2.24, 2.45) is 0 Å². The number of fused-ring (bicyclic) bond motifs is 1. The highest BCUT2D eigenvalue weighted by molar-refractivity contribution is 9.09. The van der Waals surface area contributed by atoms with Crippen LogP contribution in [0.15, 0.2) is 36.5 Å². The van der Waals surface area contributed by atoms with Crippen LogP contribution < -0.4 is 0 Å². The number of nitrogens with zero attached hydrogens (tertiary/aromatic N) is 2. The fourth-order valence-electron chi connectivity index (χ4n) is 3.14. The van der Waals surface area contributed by atoms with Crippen LogP contribution in [0.3, 0.4) is 0 Å². The standard InChI is InChI=1S/C17H19BrN2O/c18-10-9-13-5-1-2-12-20(13)17(21)15-6-3-8-16-14(15)7-4-11-19-16/h3-4,6-8,11,13H,1-2,5,9-10,12H2. The van der Waals surface area contributed by atoms with E-state index in [0.717, 1.165) is 47.6 Å². The molecule has 0 aliphatic carbocycles. The van der Waals surface area contributed by atoms with E-state index in [1.807, 2.05) is 30.3 Å². The van der Waals surface area contributed by atoms with Crippen LogP contribution in [0.4, 0.5) is 0 Å². The molecule has 1 unspecified atom stereocenters. The van der Waals surface area contributed by atoms with E-state index in [0.29, 0.717) is 6.04 Å². The van der Waals surface area contributed by atoms with Gasteiger partial charge in [0.05, 0.1) is 5.52 Å². The second-order valence-electron chi connectivity index (χ2n) is 5.50. The summed E-state index contributed by atoms with van der Waals surface area (Å²) in [6.45, 7) is 0.868. The number of piperidine rings is 1. The molecule has 2 aromatic rings. The van der Waals surface area contributed by atoms with Gasteiger partial charge in [-0.15, -0.1) is 0 Å². The van der Waals surface area contributed by atoms with Crippen molar-refractivity contribution in [3.63, 3.8) is 0 Å². The van der Waals surface area contributed by atoms with Crippen LogP contribution in [0.2, 0.25) is 0 Å². The molecule has 1 saturated heterocycles. The highest BCUT2D eigenvalue weighted by Crippen LogP contribution is 2.25. The van der Waals surface area contributed by atoms with Crippen molar-refractivity contribution in [2.45, 2.75) is 31.7 Å². The van der Waals surface area contributed by atoms with E-state index >= 15 is 0 Å². The molecule has 1 amide bonds. The highest BCUT2D eigenvalue weighted by atomic mass is 79.9. The van der Waals surface area contributed by atoms with E-state index in [1.54, 1.807) is 6.20 Å². The first-order valence-corrected chi connectivity index (χ1v) is 8.64. The van der Waals surface area contributed by atoms with Crippen molar-refractivity contribution in [3.05, 3.63) is 42.1 Å². The van der Waals surface area contributed by atoms with Crippen LogP contribution in [-0.4, -0.2) is 33.7 Å². The molecule has 4 heteroatoms. The van der Waals surface area contributed by atoms with E-state index in [1.165, 1.54) is 6.42 Å². The summed E-state index contributed by atoms with van der Waals surface area (Å²) in [7, 11) is 0. The quantitative estimate of drug-likeness (QED) is 0.786. The SMILES string of the molecule is O=C(c1cccc2ncccc12)N1CCCCC1CCBr. The Morgan fingerprint density at radius 1 is 1.29 bits per heavy atom. The molecule has 0 radical (unpaired) electrons. The van der Waals surface area contributed by atoms with E-state index < -0.39 is 0 Å². The van der Waals surface area contributed by atoms with Crippen LogP contribution >= 0.6 is 15.9 Å². The smallest absolute Gasteiger partial charge is 0.254 e. The summed E-state index contributed by atoms with van der Waals surface area (Å²) in [6, 6.07) is 10.0. The molecule has 1 atom stereocenters. The largest absolute Gasteiger partial charge is 0.336 e. The molecule has 1 aromatic carbocycles. The maximum atomic E-state index is 13.0. The first-order chi connectivity index (χ1) is 10.3. The lowest BCUT2D eigenvalue weighted by atomic mass is 9.98. The number of aromatic nitrogens is 1. The van der Waals surface area contributed by atoms with Crippen LogP contribution in [0.5, 0.6) is 0 Å². The van der Waals surface area contributed by atoms with Crippen molar-refractivity contribution < 1.29 is 4.79 Å². The molecule has 0 N–H and O–H groups in total. The number of rotatable bonds is 3. The fraction of sp³-hybridized carbons (Fsp3) is 0.412. The van der Waals surface area contributed by atoms with Gasteiger partial charge in [-0.25, -0.2) is 0 Å². The molecule has 0 spiro atoms. The van der Waals surface area contributed by atoms with Gasteiger partial charge in [0.15, 0.2) is 0 Å². The minimum Gasteiger partial charge on any atom is -0.336 e. The van der Waals surface area contributed by atoms with Crippen molar-refractivity contribution in [3.8, 4) is 0 Å². The van der Waals surface area contributed by atoms with Gasteiger partial charge in [-0.3, -0.25) is 9.78 Å². The second-order valence-corrected chi connectivity index (χ2v) is 6.29. The lowest BCUT2D eigenvalue weighted by Gasteiger charge is -2.36. The number of halogens is 1. The maximum absolute atomic E-state index is 13.0. The van der Waals surface area contributed by atoms with Crippen LogP contribution in [-0.2, 0) is 0 Å². The summed E-state index contributed by atoms with van der Waals surface area (Å²) in [5.41, 5.74) is 1.67. The Balaban J connectivity index is 1.95. The van der Waals surface area contributed by atoms with Crippen LogP contribution in [0, 0.1) is 0 Å². The molecular formula is C17H19BrN2O. The summed E-state index contributed by atoms with van der Waals surface area (Å²) in [6.07, 6.45) is 6.23. The normalized spacial score (nSPS) is 18.9. The van der Waals surface area contributed by atoms with E-state index in [9.17, 15) is 4.79 Å². The maximum Gasteiger partial charge on any atom is 0.254 e. The van der Waals surface area contributed by atoms with Crippen LogP contribution in [0.25, 0.3) is 10.9 Å². The van der Waals surface area contributed by atoms with Gasteiger partial charge in [0.25, 0.3) is 5.91 Å². The third-order valence-electron chi connectivity index (χ3n) is 4.21. The van der Waals surface area contributed by atoms with Gasteiger partial charge < -0.3 is 4.90 Å². The summed E-state index contributed by atoms with van der Waals surface area (Å²) in [5.74, 6) is 0.152. The van der Waals surface area contributed by atoms with Gasteiger partial charge in [0, 0.05) is 35.1 Å². The lowest BCUT2D eigenvalue weighted by molar-refractivity contribution is 0.0612. The first-order valence-electron chi connectivity index (χ1n) is 7.52. The molecule has 1 fully saturated rings. The summed E-state index contributed by atoms with van der Waals surface area (Å²) >= 11 is 3.51. The van der Waals surface area contributed by atoms with Gasteiger partial charge in [-0.05, 0) is 43.9 Å². The zero-order chi connectivity index (χ0) is 14.7. The third-order valence-corrected chi connectivity index (χ3v) is 4.66. The topological polar surface area (TPSA) is 33.2 Å². The Morgan fingerprint density at radius 3 is 3.05 bits per heavy atom.